The second-order valence-corrected chi connectivity index (χ2v) is 5.58. The summed E-state index contributed by atoms with van der Waals surface area (Å²) in [4.78, 5) is 0. The van der Waals surface area contributed by atoms with Gasteiger partial charge in [0.25, 0.3) is 0 Å². The minimum Gasteiger partial charge on any atom is -0.310 e. The molecular weight excluding hydrogens is 218 g/mol. The van der Waals surface area contributed by atoms with E-state index in [0.29, 0.717) is 6.04 Å². The largest absolute Gasteiger partial charge is 0.310 e. The third kappa shape index (κ3) is 5.22. The predicted octanol–water partition coefficient (Wildman–Crippen LogP) is 4.73. The van der Waals surface area contributed by atoms with Crippen LogP contribution in [0.25, 0.3) is 0 Å². The summed E-state index contributed by atoms with van der Waals surface area (Å²) in [5.41, 5.74) is 2.91. The third-order valence-corrected chi connectivity index (χ3v) is 3.44. The molecule has 0 radical (unpaired) electrons. The van der Waals surface area contributed by atoms with Crippen LogP contribution >= 0.6 is 0 Å². The molecule has 1 heteroatoms. The van der Waals surface area contributed by atoms with Gasteiger partial charge in [-0.1, -0.05) is 52.0 Å². The van der Waals surface area contributed by atoms with Gasteiger partial charge >= 0.3 is 0 Å². The second kappa shape index (κ2) is 8.31. The highest BCUT2D eigenvalue weighted by Gasteiger charge is 2.11. The Balaban J connectivity index is 2.72. The van der Waals surface area contributed by atoms with Crippen LogP contribution in [0.15, 0.2) is 24.3 Å². The zero-order valence-electron chi connectivity index (χ0n) is 12.5. The summed E-state index contributed by atoms with van der Waals surface area (Å²) in [6, 6.07) is 9.59. The Labute approximate surface area is 113 Å². The molecule has 1 N–H and O–H groups in total. The molecule has 1 rings (SSSR count). The number of nitrogens with one attached hydrogen (secondary N) is 1. The van der Waals surface area contributed by atoms with E-state index in [1.54, 1.807) is 0 Å². The zero-order chi connectivity index (χ0) is 13.4. The SMILES string of the molecule is CCCNC(CCC(C)C)c1cccc(CC)c1. The highest BCUT2D eigenvalue weighted by Crippen LogP contribution is 2.22. The Kier molecular flexibility index (Phi) is 7.04. The summed E-state index contributed by atoms with van der Waals surface area (Å²) < 4.78 is 0. The van der Waals surface area contributed by atoms with E-state index in [-0.39, 0.29) is 0 Å². The van der Waals surface area contributed by atoms with Crippen LogP contribution in [-0.4, -0.2) is 6.54 Å². The van der Waals surface area contributed by atoms with Crippen molar-refractivity contribution in [2.45, 2.75) is 59.4 Å². The first-order valence-corrected chi connectivity index (χ1v) is 7.49. The molecule has 0 aliphatic heterocycles. The van der Waals surface area contributed by atoms with Gasteiger partial charge < -0.3 is 5.32 Å². The van der Waals surface area contributed by atoms with Gasteiger partial charge in [0.2, 0.25) is 0 Å². The molecule has 0 aromatic heterocycles. The lowest BCUT2D eigenvalue weighted by atomic mass is 9.96. The summed E-state index contributed by atoms with van der Waals surface area (Å²) in [6.45, 7) is 10.2. The van der Waals surface area contributed by atoms with Crippen molar-refractivity contribution in [3.63, 3.8) is 0 Å². The maximum atomic E-state index is 3.69. The fourth-order valence-corrected chi connectivity index (χ4v) is 2.23. The van der Waals surface area contributed by atoms with Crippen molar-refractivity contribution >= 4 is 0 Å². The van der Waals surface area contributed by atoms with E-state index < -0.39 is 0 Å². The molecule has 0 aliphatic rings. The molecule has 0 saturated heterocycles. The van der Waals surface area contributed by atoms with Crippen LogP contribution < -0.4 is 5.32 Å². The second-order valence-electron chi connectivity index (χ2n) is 5.58. The molecule has 0 saturated carbocycles. The molecule has 0 spiro atoms. The zero-order valence-corrected chi connectivity index (χ0v) is 12.5. The van der Waals surface area contributed by atoms with Gasteiger partial charge in [-0.3, -0.25) is 0 Å². The van der Waals surface area contributed by atoms with Gasteiger partial charge in [0, 0.05) is 6.04 Å². The van der Waals surface area contributed by atoms with Crippen LogP contribution in [-0.2, 0) is 6.42 Å². The monoisotopic (exact) mass is 247 g/mol. The van der Waals surface area contributed by atoms with Crippen LogP contribution in [0, 0.1) is 5.92 Å². The minimum absolute atomic E-state index is 0.527. The van der Waals surface area contributed by atoms with E-state index in [9.17, 15) is 0 Å². The van der Waals surface area contributed by atoms with Crippen molar-refractivity contribution in [3.05, 3.63) is 35.4 Å². The Morgan fingerprint density at radius 1 is 1.11 bits per heavy atom. The van der Waals surface area contributed by atoms with E-state index >= 15 is 0 Å². The molecule has 1 nitrogen and oxygen atoms in total. The summed E-state index contributed by atoms with van der Waals surface area (Å²) in [5, 5.41) is 3.69. The molecule has 0 fully saturated rings. The maximum absolute atomic E-state index is 3.69. The van der Waals surface area contributed by atoms with Crippen molar-refractivity contribution in [2.75, 3.05) is 6.54 Å². The van der Waals surface area contributed by atoms with Crippen LogP contribution in [0.3, 0.4) is 0 Å². The van der Waals surface area contributed by atoms with Gasteiger partial charge in [-0.05, 0) is 49.3 Å². The molecule has 1 unspecified atom stereocenters. The Bertz CT molecular complexity index is 330. The number of hydrogen-bond donors (Lipinski definition) is 1. The van der Waals surface area contributed by atoms with Crippen molar-refractivity contribution in [1.82, 2.24) is 5.32 Å². The van der Waals surface area contributed by atoms with Gasteiger partial charge in [-0.15, -0.1) is 0 Å². The average Bonchev–Trinajstić information content (AvgIpc) is 2.38. The van der Waals surface area contributed by atoms with Gasteiger partial charge in [-0.2, -0.15) is 0 Å². The fourth-order valence-electron chi connectivity index (χ4n) is 2.23. The van der Waals surface area contributed by atoms with E-state index in [1.165, 1.54) is 30.4 Å². The lowest BCUT2D eigenvalue weighted by Gasteiger charge is -2.20. The van der Waals surface area contributed by atoms with Gasteiger partial charge in [-0.25, -0.2) is 0 Å². The summed E-state index contributed by atoms with van der Waals surface area (Å²) in [7, 11) is 0. The standard InChI is InChI=1S/C17H29N/c1-5-12-18-17(11-10-14(3)4)16-9-7-8-15(6-2)13-16/h7-9,13-14,17-18H,5-6,10-12H2,1-4H3. The van der Waals surface area contributed by atoms with Crippen LogP contribution in [0.2, 0.25) is 0 Å². The minimum atomic E-state index is 0.527. The number of aryl methyl sites for hydroxylation is 1. The Hall–Kier alpha value is -0.820. The highest BCUT2D eigenvalue weighted by atomic mass is 14.9. The van der Waals surface area contributed by atoms with Crippen LogP contribution in [0.4, 0.5) is 0 Å². The quantitative estimate of drug-likeness (QED) is 0.700. The van der Waals surface area contributed by atoms with E-state index in [0.717, 1.165) is 18.9 Å². The number of hydrogen-bond acceptors (Lipinski definition) is 1. The predicted molar refractivity (Wildman–Crippen MR) is 80.9 cm³/mol. The Morgan fingerprint density at radius 3 is 2.50 bits per heavy atom. The lowest BCUT2D eigenvalue weighted by Crippen LogP contribution is -2.22. The lowest BCUT2D eigenvalue weighted by molar-refractivity contribution is 0.440. The van der Waals surface area contributed by atoms with Crippen LogP contribution in [0.1, 0.15) is 64.1 Å². The molecule has 1 aromatic carbocycles. The first-order chi connectivity index (χ1) is 8.67. The first-order valence-electron chi connectivity index (χ1n) is 7.49. The van der Waals surface area contributed by atoms with Crippen molar-refractivity contribution in [3.8, 4) is 0 Å². The van der Waals surface area contributed by atoms with Crippen molar-refractivity contribution in [2.24, 2.45) is 5.92 Å². The molecule has 0 heterocycles. The highest BCUT2D eigenvalue weighted by molar-refractivity contribution is 5.26. The Morgan fingerprint density at radius 2 is 1.89 bits per heavy atom. The molecular formula is C17H29N. The summed E-state index contributed by atoms with van der Waals surface area (Å²) >= 11 is 0. The normalized spacial score (nSPS) is 12.9. The maximum Gasteiger partial charge on any atom is 0.0320 e. The summed E-state index contributed by atoms with van der Waals surface area (Å²) in [5.74, 6) is 0.783. The van der Waals surface area contributed by atoms with E-state index in [4.69, 9.17) is 0 Å². The molecule has 0 amide bonds. The van der Waals surface area contributed by atoms with E-state index in [2.05, 4.69) is 57.3 Å². The molecule has 1 aromatic rings. The van der Waals surface area contributed by atoms with Crippen molar-refractivity contribution < 1.29 is 0 Å². The molecule has 0 bridgehead atoms. The third-order valence-electron chi connectivity index (χ3n) is 3.44. The van der Waals surface area contributed by atoms with Gasteiger partial charge in [0.15, 0.2) is 0 Å². The van der Waals surface area contributed by atoms with Crippen molar-refractivity contribution in [1.29, 1.82) is 0 Å². The van der Waals surface area contributed by atoms with Gasteiger partial charge in [0.05, 0.1) is 0 Å². The number of benzene rings is 1. The molecule has 18 heavy (non-hydrogen) atoms. The first kappa shape index (κ1) is 15.2. The molecule has 0 aliphatic carbocycles. The number of rotatable bonds is 8. The van der Waals surface area contributed by atoms with E-state index in [1.807, 2.05) is 0 Å². The smallest absolute Gasteiger partial charge is 0.0320 e. The average molecular weight is 247 g/mol. The van der Waals surface area contributed by atoms with Gasteiger partial charge in [0.1, 0.15) is 0 Å². The molecule has 102 valence electrons. The summed E-state index contributed by atoms with van der Waals surface area (Å²) in [6.07, 6.45) is 4.85. The molecule has 1 atom stereocenters. The van der Waals surface area contributed by atoms with Crippen LogP contribution in [0.5, 0.6) is 0 Å². The topological polar surface area (TPSA) is 12.0 Å². The fraction of sp³-hybridized carbons (Fsp3) is 0.647.